The third-order valence-corrected chi connectivity index (χ3v) is 11.2. The number of rotatable bonds is 19. The summed E-state index contributed by atoms with van der Waals surface area (Å²) >= 11 is 0. The van der Waals surface area contributed by atoms with Gasteiger partial charge in [0.2, 0.25) is 23.6 Å². The maximum Gasteiger partial charge on any atom is 0.264 e. The van der Waals surface area contributed by atoms with Gasteiger partial charge in [-0.25, -0.2) is 13.1 Å². The average Bonchev–Trinajstić information content (AvgIpc) is 3.62. The minimum absolute atomic E-state index is 0.183. The van der Waals surface area contributed by atoms with Gasteiger partial charge in [-0.1, -0.05) is 54.7 Å². The monoisotopic (exact) mass is 761 g/mol. The van der Waals surface area contributed by atoms with Crippen LogP contribution in [0.25, 0.3) is 0 Å². The molecule has 1 aliphatic rings. The predicted molar refractivity (Wildman–Crippen MR) is 201 cm³/mol. The number of likely N-dealkylation sites (tertiary alicyclic amines) is 1. The Morgan fingerprint density at radius 3 is 2.15 bits per heavy atom. The molecule has 0 saturated carbocycles. The second kappa shape index (κ2) is 19.7. The molecule has 0 bridgehead atoms. The van der Waals surface area contributed by atoms with Crippen LogP contribution in [-0.2, 0) is 38.7 Å². The van der Waals surface area contributed by atoms with Crippen LogP contribution in [0.2, 0.25) is 0 Å². The third-order valence-electron chi connectivity index (χ3n) is 9.83. The summed E-state index contributed by atoms with van der Waals surface area (Å²) in [5.74, 6) is -9.91. The van der Waals surface area contributed by atoms with Crippen LogP contribution in [0.4, 0.5) is 5.69 Å². The maximum atomic E-state index is 14.8. The van der Waals surface area contributed by atoms with Crippen molar-refractivity contribution in [2.45, 2.75) is 115 Å². The Labute approximate surface area is 322 Å². The second-order valence-corrected chi connectivity index (χ2v) is 15.7. The standard InChI is InChI=1S/C37H64N6O8S/c1-13-24(6)33(42(10)37(47)31(22(2)3)39-36(46)32(23(4)5)41(8)9)29(50-11)21-30(44)43-20-14-15-28(43)34(51-12)25(7)35(45)40-52(48,49)27-18-16-26(38)17-19-27/h16-19,22-25,28-29,31-34H,13-15,20-21,38H2,1-12H3,(H,39,46)(H,40,45)/t24-,25+,28-,29+,31?,32-,33-,34+/m0/s1/i2D3,3D3,22D,31D. The number of ether oxygens (including phenoxy) is 2. The predicted octanol–water partition coefficient (Wildman–Crippen LogP) is 2.72. The number of carbonyl (C=O) groups is 4. The van der Waals surface area contributed by atoms with Crippen LogP contribution in [0.5, 0.6) is 0 Å². The summed E-state index contributed by atoms with van der Waals surface area (Å²) in [5, 5.41) is 2.10. The molecule has 52 heavy (non-hydrogen) atoms. The second-order valence-electron chi connectivity index (χ2n) is 14.0. The van der Waals surface area contributed by atoms with Crippen molar-refractivity contribution in [3.05, 3.63) is 24.3 Å². The van der Waals surface area contributed by atoms with Crippen molar-refractivity contribution in [1.29, 1.82) is 0 Å². The highest BCUT2D eigenvalue weighted by atomic mass is 32.2. The lowest BCUT2D eigenvalue weighted by Crippen LogP contribution is -2.59. The number of hydrogen-bond donors (Lipinski definition) is 3. The van der Waals surface area contributed by atoms with Gasteiger partial charge in [-0.2, -0.15) is 0 Å². The molecule has 1 aromatic carbocycles. The number of nitrogen functional groups attached to an aromatic ring is 1. The maximum absolute atomic E-state index is 14.8. The fourth-order valence-corrected chi connectivity index (χ4v) is 8.02. The number of anilines is 1. The van der Waals surface area contributed by atoms with E-state index in [-0.39, 0.29) is 11.4 Å². The van der Waals surface area contributed by atoms with E-state index in [1.54, 1.807) is 27.7 Å². The highest BCUT2D eigenvalue weighted by molar-refractivity contribution is 7.90. The molecule has 0 spiro atoms. The quantitative estimate of drug-likeness (QED) is 0.178. The molecule has 1 aromatic rings. The van der Waals surface area contributed by atoms with E-state index in [2.05, 4.69) is 10.0 Å². The van der Waals surface area contributed by atoms with E-state index in [1.165, 1.54) is 76.4 Å². The fraction of sp³-hybridized carbons (Fsp3) is 0.730. The highest BCUT2D eigenvalue weighted by Gasteiger charge is 2.43. The molecular formula is C37H64N6O8S. The minimum Gasteiger partial charge on any atom is -0.399 e. The van der Waals surface area contributed by atoms with Crippen molar-refractivity contribution < 1.29 is 48.0 Å². The van der Waals surface area contributed by atoms with E-state index >= 15 is 0 Å². The fourth-order valence-electron chi connectivity index (χ4n) is 6.96. The summed E-state index contributed by atoms with van der Waals surface area (Å²) in [6.45, 7) is 0.868. The Kier molecular flexibility index (Phi) is 12.6. The van der Waals surface area contributed by atoms with Crippen LogP contribution >= 0.6 is 0 Å². The number of nitrogens with zero attached hydrogens (tertiary/aromatic N) is 3. The number of benzene rings is 1. The van der Waals surface area contributed by atoms with Gasteiger partial charge in [-0.05, 0) is 68.9 Å². The molecule has 14 nitrogen and oxygen atoms in total. The molecule has 1 heterocycles. The van der Waals surface area contributed by atoms with Gasteiger partial charge in [-0.15, -0.1) is 0 Å². The molecule has 296 valence electrons. The van der Waals surface area contributed by atoms with Crippen molar-refractivity contribution in [1.82, 2.24) is 24.7 Å². The molecule has 0 radical (unpaired) electrons. The smallest absolute Gasteiger partial charge is 0.264 e. The first-order valence-electron chi connectivity index (χ1n) is 21.4. The van der Waals surface area contributed by atoms with Crippen LogP contribution in [-0.4, -0.2) is 125 Å². The Morgan fingerprint density at radius 2 is 1.65 bits per heavy atom. The summed E-state index contributed by atoms with van der Waals surface area (Å²) in [6.07, 6.45) is -1.31. The summed E-state index contributed by atoms with van der Waals surface area (Å²) in [5.41, 5.74) is 6.00. The first-order valence-corrected chi connectivity index (χ1v) is 18.9. The van der Waals surface area contributed by atoms with E-state index in [1.807, 2.05) is 0 Å². The molecular weight excluding hydrogens is 689 g/mol. The Morgan fingerprint density at radius 1 is 1.04 bits per heavy atom. The van der Waals surface area contributed by atoms with Crippen molar-refractivity contribution in [2.75, 3.05) is 47.6 Å². The zero-order valence-corrected chi connectivity index (χ0v) is 32.9. The lowest BCUT2D eigenvalue weighted by molar-refractivity contribution is -0.148. The average molecular weight is 761 g/mol. The van der Waals surface area contributed by atoms with Crippen LogP contribution in [0.15, 0.2) is 29.2 Å². The third kappa shape index (κ3) is 11.1. The Bertz CT molecular complexity index is 1750. The molecule has 0 aliphatic carbocycles. The van der Waals surface area contributed by atoms with E-state index < -0.39 is 114 Å². The minimum atomic E-state index is -4.28. The van der Waals surface area contributed by atoms with Gasteiger partial charge in [0.15, 0.2) is 0 Å². The number of nitrogens with one attached hydrogen (secondary N) is 2. The van der Waals surface area contributed by atoms with Gasteiger partial charge in [-0.3, -0.25) is 24.1 Å². The van der Waals surface area contributed by atoms with Crippen LogP contribution in [0.3, 0.4) is 0 Å². The topological polar surface area (TPSA) is 181 Å². The van der Waals surface area contributed by atoms with Gasteiger partial charge in [0.1, 0.15) is 6.02 Å². The van der Waals surface area contributed by atoms with Gasteiger partial charge >= 0.3 is 0 Å². The number of carbonyl (C=O) groups excluding carboxylic acids is 4. The Balaban J connectivity index is 2.57. The van der Waals surface area contributed by atoms with Gasteiger partial charge in [0.05, 0.1) is 48.9 Å². The SMILES string of the molecule is [2H]C([2H])([2H])C([2H])(C([2H])([2H])[2H])C([2H])(NC(=O)[C@H](C(C)C)N(C)C)C(=O)N(C)[C@@H]([C@@H](C)CC)[C@@H](CC(=O)N1CCC[C@H]1[C@H](OC)[C@@H](C)C(=O)NS(=O)(=O)c1ccc(N)cc1)OC. The molecule has 1 saturated heterocycles. The van der Waals surface area contributed by atoms with Crippen molar-refractivity contribution >= 4 is 39.3 Å². The summed E-state index contributed by atoms with van der Waals surface area (Å²) in [4.78, 5) is 59.9. The van der Waals surface area contributed by atoms with E-state index in [4.69, 9.17) is 24.8 Å². The molecule has 1 fully saturated rings. The zero-order valence-electron chi connectivity index (χ0n) is 40.1. The number of likely N-dealkylation sites (N-methyl/N-ethyl adjacent to an activating group) is 2. The number of hydrogen-bond acceptors (Lipinski definition) is 10. The van der Waals surface area contributed by atoms with Crippen molar-refractivity contribution in [2.24, 2.45) is 23.6 Å². The van der Waals surface area contributed by atoms with E-state index in [0.717, 1.165) is 4.90 Å². The Hall–Kier alpha value is -3.27. The van der Waals surface area contributed by atoms with Gasteiger partial charge in [0, 0.05) is 43.1 Å². The molecule has 4 amide bonds. The van der Waals surface area contributed by atoms with E-state index in [9.17, 15) is 29.0 Å². The molecule has 8 atom stereocenters. The zero-order chi connectivity index (χ0) is 46.5. The molecule has 1 aliphatic heterocycles. The largest absolute Gasteiger partial charge is 0.399 e. The first kappa shape index (κ1) is 33.3. The van der Waals surface area contributed by atoms with Crippen molar-refractivity contribution in [3.63, 3.8) is 0 Å². The molecule has 4 N–H and O–H groups in total. The lowest BCUT2D eigenvalue weighted by atomic mass is 9.89. The van der Waals surface area contributed by atoms with Crippen LogP contribution in [0, 0.1) is 23.6 Å². The van der Waals surface area contributed by atoms with Crippen LogP contribution < -0.4 is 15.8 Å². The van der Waals surface area contributed by atoms with Crippen molar-refractivity contribution in [3.8, 4) is 0 Å². The summed E-state index contributed by atoms with van der Waals surface area (Å²) in [7, 11) is 2.58. The summed E-state index contributed by atoms with van der Waals surface area (Å²) in [6, 6.07) is -1.28. The van der Waals surface area contributed by atoms with Gasteiger partial charge < -0.3 is 30.3 Å². The van der Waals surface area contributed by atoms with Gasteiger partial charge in [0.25, 0.3) is 10.0 Å². The lowest BCUT2D eigenvalue weighted by Gasteiger charge is -2.41. The summed E-state index contributed by atoms with van der Waals surface area (Å²) < 4.78 is 107. The highest BCUT2D eigenvalue weighted by Crippen LogP contribution is 2.30. The normalized spacial score (nSPS) is 22.7. The van der Waals surface area contributed by atoms with E-state index in [0.29, 0.717) is 24.9 Å². The number of nitrogens with two attached hydrogens (primary N) is 1. The first-order chi connectivity index (χ1) is 27.4. The number of methoxy groups -OCH3 is 2. The number of sulfonamides is 1. The van der Waals surface area contributed by atoms with Crippen LogP contribution in [0.1, 0.15) is 85.0 Å². The molecule has 15 heteroatoms. The molecule has 0 aromatic heterocycles. The number of amides is 4. The molecule has 2 rings (SSSR count). The molecule has 1 unspecified atom stereocenters.